The maximum atomic E-state index is 12.9. The molecule has 202 valence electrons. The quantitative estimate of drug-likeness (QED) is 0.428. The van der Waals surface area contributed by atoms with E-state index in [-0.39, 0.29) is 35.3 Å². The van der Waals surface area contributed by atoms with E-state index in [9.17, 15) is 13.2 Å². The van der Waals surface area contributed by atoms with Crippen molar-refractivity contribution in [3.63, 3.8) is 0 Å². The Morgan fingerprint density at radius 3 is 2.53 bits per heavy atom. The van der Waals surface area contributed by atoms with Gasteiger partial charge in [0.05, 0.1) is 28.1 Å². The fourth-order valence-corrected chi connectivity index (χ4v) is 6.41. The van der Waals surface area contributed by atoms with Gasteiger partial charge in [0.15, 0.2) is 15.5 Å². The van der Waals surface area contributed by atoms with E-state index >= 15 is 0 Å². The Labute approximate surface area is 222 Å². The number of ketones is 1. The van der Waals surface area contributed by atoms with Gasteiger partial charge in [-0.2, -0.15) is 0 Å². The minimum atomic E-state index is -3.54. The zero-order valence-electron chi connectivity index (χ0n) is 21.9. The first-order valence-electron chi connectivity index (χ1n) is 13.5. The third-order valence-electron chi connectivity index (χ3n) is 7.69. The number of nitrogens with zero attached hydrogens (tertiary/aromatic N) is 3. The average molecular weight is 539 g/mol. The normalized spacial score (nSPS) is 22.2. The van der Waals surface area contributed by atoms with Crippen LogP contribution in [-0.4, -0.2) is 48.2 Å². The molecule has 3 aromatic rings. The molecule has 0 amide bonds. The van der Waals surface area contributed by atoms with Crippen molar-refractivity contribution in [1.29, 1.82) is 0 Å². The maximum absolute atomic E-state index is 12.9. The minimum absolute atomic E-state index is 0.0916. The molecule has 3 aliphatic rings. The maximum Gasteiger partial charge on any atom is 0.177 e. The lowest BCUT2D eigenvalue weighted by Gasteiger charge is -2.25. The number of sulfone groups is 1. The van der Waals surface area contributed by atoms with Crippen LogP contribution < -0.4 is 5.32 Å². The van der Waals surface area contributed by atoms with Crippen LogP contribution in [0.5, 0.6) is 0 Å². The van der Waals surface area contributed by atoms with Gasteiger partial charge in [-0.25, -0.2) is 18.4 Å². The number of carbonyl (C=O) groups is 1. The summed E-state index contributed by atoms with van der Waals surface area (Å²) < 4.78 is 39.6. The number of anilines is 2. The van der Waals surface area contributed by atoms with Gasteiger partial charge in [0.2, 0.25) is 0 Å². The molecule has 0 spiro atoms. The average Bonchev–Trinajstić information content (AvgIpc) is 3.49. The highest BCUT2D eigenvalue weighted by atomic mass is 32.2. The largest absolute Gasteiger partial charge is 0.374 e. The van der Waals surface area contributed by atoms with E-state index < -0.39 is 9.84 Å². The number of imidazole rings is 1. The van der Waals surface area contributed by atoms with E-state index in [1.807, 2.05) is 23.6 Å². The van der Waals surface area contributed by atoms with Gasteiger partial charge in [0.1, 0.15) is 23.4 Å². The number of aromatic nitrogens is 3. The number of benzene rings is 1. The van der Waals surface area contributed by atoms with E-state index in [2.05, 4.69) is 5.32 Å². The second-order valence-electron chi connectivity index (χ2n) is 10.8. The van der Waals surface area contributed by atoms with Gasteiger partial charge in [-0.15, -0.1) is 0 Å². The van der Waals surface area contributed by atoms with Crippen molar-refractivity contribution in [2.75, 3.05) is 24.8 Å². The molecular formula is C28H34N4O5S. The van der Waals surface area contributed by atoms with Crippen molar-refractivity contribution in [2.45, 2.75) is 75.5 Å². The Hall–Kier alpha value is -2.82. The highest BCUT2D eigenvalue weighted by molar-refractivity contribution is 7.90. The number of rotatable bonds is 8. The zero-order valence-corrected chi connectivity index (χ0v) is 22.7. The van der Waals surface area contributed by atoms with E-state index in [1.54, 1.807) is 12.1 Å². The van der Waals surface area contributed by atoms with Crippen LogP contribution in [0.1, 0.15) is 74.4 Å². The fourth-order valence-electron chi connectivity index (χ4n) is 5.54. The van der Waals surface area contributed by atoms with E-state index in [1.165, 1.54) is 6.26 Å². The van der Waals surface area contributed by atoms with E-state index in [0.29, 0.717) is 41.4 Å². The molecular weight excluding hydrogens is 504 g/mol. The van der Waals surface area contributed by atoms with Gasteiger partial charge in [0.25, 0.3) is 0 Å². The standard InChI is InChI=1S/C28H34N4O5S/c1-17-29-27-22(31-21-11-10-19(24-6-5-13-36-24)14-25(21)38(2,34)35)15-20(16-23(33)18-8-9-18)30-28(27)32(17)26-7-3-4-12-37-26/h10-11,14-15,18,24,26H,3-9,12-13,16H2,1-2H3,(H,30,31). The molecule has 2 aromatic heterocycles. The fraction of sp³-hybridized carbons (Fsp3) is 0.536. The molecule has 1 N–H and O–H groups in total. The van der Waals surface area contributed by atoms with Crippen molar-refractivity contribution in [1.82, 2.24) is 14.5 Å². The molecule has 1 aliphatic carbocycles. The molecule has 10 heteroatoms. The molecule has 2 unspecified atom stereocenters. The second-order valence-corrected chi connectivity index (χ2v) is 12.7. The summed E-state index contributed by atoms with van der Waals surface area (Å²) in [5.74, 6) is 1.09. The summed E-state index contributed by atoms with van der Waals surface area (Å²) in [6, 6.07) is 7.26. The van der Waals surface area contributed by atoms with Crippen LogP contribution in [0, 0.1) is 12.8 Å². The van der Waals surface area contributed by atoms with Crippen LogP contribution in [0.15, 0.2) is 29.2 Å². The smallest absolute Gasteiger partial charge is 0.177 e. The predicted molar refractivity (Wildman–Crippen MR) is 143 cm³/mol. The lowest BCUT2D eigenvalue weighted by atomic mass is 10.1. The highest BCUT2D eigenvalue weighted by Gasteiger charge is 2.31. The highest BCUT2D eigenvalue weighted by Crippen LogP contribution is 2.37. The Morgan fingerprint density at radius 1 is 1.03 bits per heavy atom. The van der Waals surface area contributed by atoms with Crippen LogP contribution >= 0.6 is 0 Å². The van der Waals surface area contributed by atoms with Gasteiger partial charge in [-0.05, 0) is 75.6 Å². The number of carbonyl (C=O) groups excluding carboxylic acids is 1. The topological polar surface area (TPSA) is 112 Å². The summed E-state index contributed by atoms with van der Waals surface area (Å²) in [5.41, 5.74) is 3.87. The Bertz CT molecular complexity index is 1480. The summed E-state index contributed by atoms with van der Waals surface area (Å²) in [6.45, 7) is 3.29. The Kier molecular flexibility index (Phi) is 6.74. The third-order valence-corrected chi connectivity index (χ3v) is 8.82. The van der Waals surface area contributed by atoms with Crippen molar-refractivity contribution in [3.05, 3.63) is 41.3 Å². The summed E-state index contributed by atoms with van der Waals surface area (Å²) in [7, 11) is -3.54. The number of ether oxygens (including phenoxy) is 2. The minimum Gasteiger partial charge on any atom is -0.374 e. The molecule has 38 heavy (non-hydrogen) atoms. The van der Waals surface area contributed by atoms with Crippen molar-refractivity contribution in [3.8, 4) is 0 Å². The number of hydrogen-bond acceptors (Lipinski definition) is 8. The zero-order chi connectivity index (χ0) is 26.4. The Balaban J connectivity index is 1.44. The monoisotopic (exact) mass is 538 g/mol. The number of fused-ring (bicyclic) bond motifs is 1. The first kappa shape index (κ1) is 25.5. The number of aryl methyl sites for hydroxylation is 1. The van der Waals surface area contributed by atoms with Crippen LogP contribution in [-0.2, 0) is 30.5 Å². The van der Waals surface area contributed by atoms with Crippen LogP contribution in [0.3, 0.4) is 0 Å². The summed E-state index contributed by atoms with van der Waals surface area (Å²) in [5, 5.41) is 3.35. The lowest BCUT2D eigenvalue weighted by molar-refractivity contribution is -0.119. The van der Waals surface area contributed by atoms with Crippen LogP contribution in [0.4, 0.5) is 11.4 Å². The number of nitrogens with one attached hydrogen (secondary N) is 1. The third kappa shape index (κ3) is 5.09. The first-order chi connectivity index (χ1) is 18.3. The van der Waals surface area contributed by atoms with Gasteiger partial charge in [-0.1, -0.05) is 6.07 Å². The molecule has 9 nitrogen and oxygen atoms in total. The SMILES string of the molecule is Cc1nc2c(Nc3ccc(C4CCCO4)cc3S(C)(=O)=O)cc(CC(=O)C3CC3)nc2n1C1CCCCO1. The van der Waals surface area contributed by atoms with Gasteiger partial charge in [-0.3, -0.25) is 9.36 Å². The molecule has 0 bridgehead atoms. The molecule has 4 heterocycles. The number of pyridine rings is 1. The molecule has 3 fully saturated rings. The second kappa shape index (κ2) is 10.1. The Morgan fingerprint density at radius 2 is 1.84 bits per heavy atom. The van der Waals surface area contributed by atoms with Crippen LogP contribution in [0.2, 0.25) is 0 Å². The molecule has 6 rings (SSSR count). The molecule has 2 aliphatic heterocycles. The van der Waals surface area contributed by atoms with Crippen molar-refractivity contribution >= 4 is 38.2 Å². The lowest BCUT2D eigenvalue weighted by Crippen LogP contribution is -2.19. The molecule has 1 aromatic carbocycles. The van der Waals surface area contributed by atoms with Crippen molar-refractivity contribution in [2.24, 2.45) is 5.92 Å². The van der Waals surface area contributed by atoms with Gasteiger partial charge in [0, 0.05) is 31.8 Å². The van der Waals surface area contributed by atoms with Gasteiger partial charge < -0.3 is 14.8 Å². The van der Waals surface area contributed by atoms with Gasteiger partial charge >= 0.3 is 0 Å². The summed E-state index contributed by atoms with van der Waals surface area (Å²) >= 11 is 0. The molecule has 2 saturated heterocycles. The van der Waals surface area contributed by atoms with E-state index in [4.69, 9.17) is 19.4 Å². The molecule has 2 atom stereocenters. The summed E-state index contributed by atoms with van der Waals surface area (Å²) in [6.07, 6.45) is 7.86. The first-order valence-corrected chi connectivity index (χ1v) is 15.4. The molecule has 0 radical (unpaired) electrons. The predicted octanol–water partition coefficient (Wildman–Crippen LogP) is 4.96. The van der Waals surface area contributed by atoms with Crippen LogP contribution in [0.25, 0.3) is 11.2 Å². The molecule has 1 saturated carbocycles. The summed E-state index contributed by atoms with van der Waals surface area (Å²) in [4.78, 5) is 22.6. The number of Topliss-reactive ketones (excluding diaryl/α,β-unsaturated/α-hetero) is 1. The van der Waals surface area contributed by atoms with Crippen molar-refractivity contribution < 1.29 is 22.7 Å². The number of hydrogen-bond donors (Lipinski definition) is 1. The van der Waals surface area contributed by atoms with E-state index in [0.717, 1.165) is 56.3 Å².